The van der Waals surface area contributed by atoms with E-state index in [1.54, 1.807) is 0 Å². The summed E-state index contributed by atoms with van der Waals surface area (Å²) in [5.41, 5.74) is 3.24. The van der Waals surface area contributed by atoms with Gasteiger partial charge in [-0.25, -0.2) is 0 Å². The molecule has 1 saturated heterocycles. The SMILES string of the molecule is O=C1Nc2ccccc2N2C1C2c1ccccc1. The van der Waals surface area contributed by atoms with Crippen molar-refractivity contribution in [3.8, 4) is 0 Å². The second kappa shape index (κ2) is 3.35. The van der Waals surface area contributed by atoms with Crippen LogP contribution in [0.15, 0.2) is 54.6 Å². The monoisotopic (exact) mass is 236 g/mol. The molecule has 2 aliphatic heterocycles. The topological polar surface area (TPSA) is 32.1 Å². The lowest BCUT2D eigenvalue weighted by atomic mass is 10.1. The average Bonchev–Trinajstić information content (AvgIpc) is 3.16. The molecule has 0 bridgehead atoms. The lowest BCUT2D eigenvalue weighted by Gasteiger charge is -2.17. The van der Waals surface area contributed by atoms with E-state index in [0.717, 1.165) is 11.4 Å². The van der Waals surface area contributed by atoms with E-state index >= 15 is 0 Å². The third-order valence-corrected chi connectivity index (χ3v) is 3.66. The van der Waals surface area contributed by atoms with Crippen LogP contribution in [0.1, 0.15) is 11.6 Å². The molecular weight excluding hydrogens is 224 g/mol. The summed E-state index contributed by atoms with van der Waals surface area (Å²) in [6.45, 7) is 0. The van der Waals surface area contributed by atoms with Crippen molar-refractivity contribution in [1.29, 1.82) is 0 Å². The highest BCUT2D eigenvalue weighted by Crippen LogP contribution is 2.52. The molecule has 88 valence electrons. The number of nitrogens with one attached hydrogen (secondary N) is 1. The maximum atomic E-state index is 12.0. The van der Waals surface area contributed by atoms with Crippen LogP contribution in [-0.4, -0.2) is 11.9 Å². The second-order valence-corrected chi connectivity index (χ2v) is 4.71. The molecule has 2 aromatic carbocycles. The predicted octanol–water partition coefficient (Wildman–Crippen LogP) is 2.57. The van der Waals surface area contributed by atoms with Gasteiger partial charge in [0, 0.05) is 0 Å². The molecule has 4 rings (SSSR count). The zero-order chi connectivity index (χ0) is 12.1. The molecule has 2 heterocycles. The first kappa shape index (κ1) is 9.71. The van der Waals surface area contributed by atoms with Crippen LogP contribution >= 0.6 is 0 Å². The number of hydrogen-bond donors (Lipinski definition) is 1. The molecule has 2 atom stereocenters. The molecule has 0 radical (unpaired) electrons. The van der Waals surface area contributed by atoms with Crippen LogP contribution < -0.4 is 10.2 Å². The predicted molar refractivity (Wildman–Crippen MR) is 70.5 cm³/mol. The quantitative estimate of drug-likeness (QED) is 0.772. The fraction of sp³-hybridized carbons (Fsp3) is 0.133. The number of nitrogens with zero attached hydrogens (tertiary/aromatic N) is 1. The number of carbonyl (C=O) groups is 1. The van der Waals surface area contributed by atoms with E-state index in [1.165, 1.54) is 5.56 Å². The van der Waals surface area contributed by atoms with Crippen molar-refractivity contribution in [2.75, 3.05) is 10.2 Å². The largest absolute Gasteiger partial charge is 0.346 e. The van der Waals surface area contributed by atoms with Gasteiger partial charge in [-0.05, 0) is 17.7 Å². The normalized spacial score (nSPS) is 24.0. The highest BCUT2D eigenvalue weighted by atomic mass is 16.2. The van der Waals surface area contributed by atoms with Crippen molar-refractivity contribution in [2.45, 2.75) is 12.1 Å². The maximum absolute atomic E-state index is 12.0. The molecule has 0 aromatic heterocycles. The Labute approximate surface area is 105 Å². The highest BCUT2D eigenvalue weighted by Gasteiger charge is 2.56. The minimum absolute atomic E-state index is 0.0395. The van der Waals surface area contributed by atoms with E-state index < -0.39 is 0 Å². The molecule has 1 amide bonds. The minimum Gasteiger partial charge on any atom is -0.346 e. The van der Waals surface area contributed by atoms with E-state index in [9.17, 15) is 4.79 Å². The van der Waals surface area contributed by atoms with Crippen LogP contribution in [0.5, 0.6) is 0 Å². The van der Waals surface area contributed by atoms with Gasteiger partial charge < -0.3 is 10.2 Å². The lowest BCUT2D eigenvalue weighted by Crippen LogP contribution is -2.26. The second-order valence-electron chi connectivity index (χ2n) is 4.71. The van der Waals surface area contributed by atoms with Gasteiger partial charge in [0.25, 0.3) is 0 Å². The number of amides is 1. The molecule has 2 aromatic rings. The van der Waals surface area contributed by atoms with Gasteiger partial charge in [-0.2, -0.15) is 0 Å². The van der Waals surface area contributed by atoms with Gasteiger partial charge in [-0.1, -0.05) is 42.5 Å². The van der Waals surface area contributed by atoms with E-state index in [2.05, 4.69) is 28.4 Å². The van der Waals surface area contributed by atoms with Crippen LogP contribution in [0.2, 0.25) is 0 Å². The number of para-hydroxylation sites is 2. The lowest BCUT2D eigenvalue weighted by molar-refractivity contribution is -0.115. The third kappa shape index (κ3) is 1.21. The average molecular weight is 236 g/mol. The van der Waals surface area contributed by atoms with Gasteiger partial charge in [-0.15, -0.1) is 0 Å². The van der Waals surface area contributed by atoms with Crippen molar-refractivity contribution in [3.63, 3.8) is 0 Å². The Bertz CT molecular complexity index is 623. The van der Waals surface area contributed by atoms with Gasteiger partial charge in [0.15, 0.2) is 0 Å². The van der Waals surface area contributed by atoms with Crippen LogP contribution in [0.3, 0.4) is 0 Å². The van der Waals surface area contributed by atoms with E-state index in [4.69, 9.17) is 0 Å². The number of hydrogen-bond acceptors (Lipinski definition) is 2. The zero-order valence-electron chi connectivity index (χ0n) is 9.71. The summed E-state index contributed by atoms with van der Waals surface area (Å²) in [5, 5.41) is 2.97. The van der Waals surface area contributed by atoms with Crippen molar-refractivity contribution < 1.29 is 4.79 Å². The molecule has 18 heavy (non-hydrogen) atoms. The van der Waals surface area contributed by atoms with Crippen molar-refractivity contribution in [2.24, 2.45) is 0 Å². The molecular formula is C15H12N2O. The van der Waals surface area contributed by atoms with Gasteiger partial charge in [0.05, 0.1) is 17.4 Å². The molecule has 2 unspecified atom stereocenters. The first-order valence-corrected chi connectivity index (χ1v) is 6.09. The number of carbonyl (C=O) groups excluding carboxylic acids is 1. The summed E-state index contributed by atoms with van der Waals surface area (Å²) in [7, 11) is 0. The van der Waals surface area contributed by atoms with Crippen LogP contribution in [0.25, 0.3) is 0 Å². The smallest absolute Gasteiger partial charge is 0.249 e. The van der Waals surface area contributed by atoms with Crippen LogP contribution in [0.4, 0.5) is 11.4 Å². The highest BCUT2D eigenvalue weighted by molar-refractivity contribution is 6.08. The van der Waals surface area contributed by atoms with E-state index in [1.807, 2.05) is 36.4 Å². The van der Waals surface area contributed by atoms with E-state index in [-0.39, 0.29) is 18.0 Å². The molecule has 0 saturated carbocycles. The van der Waals surface area contributed by atoms with E-state index in [0.29, 0.717) is 0 Å². The Morgan fingerprint density at radius 3 is 2.44 bits per heavy atom. The molecule has 2 aliphatic rings. The Morgan fingerprint density at radius 2 is 1.61 bits per heavy atom. The number of fused-ring (bicyclic) bond motifs is 3. The van der Waals surface area contributed by atoms with Crippen LogP contribution in [-0.2, 0) is 4.79 Å². The Hall–Kier alpha value is -2.29. The fourth-order valence-electron chi connectivity index (χ4n) is 2.80. The zero-order valence-corrected chi connectivity index (χ0v) is 9.71. The number of anilines is 2. The third-order valence-electron chi connectivity index (χ3n) is 3.66. The maximum Gasteiger partial charge on any atom is 0.249 e. The summed E-state index contributed by atoms with van der Waals surface area (Å²) in [4.78, 5) is 14.2. The summed E-state index contributed by atoms with van der Waals surface area (Å²) in [5.74, 6) is 0.0996. The van der Waals surface area contributed by atoms with Gasteiger partial charge >= 0.3 is 0 Å². The molecule has 1 fully saturated rings. The minimum atomic E-state index is -0.0395. The fourth-order valence-corrected chi connectivity index (χ4v) is 2.80. The molecule has 3 heteroatoms. The molecule has 3 nitrogen and oxygen atoms in total. The van der Waals surface area contributed by atoms with Gasteiger partial charge in [0.2, 0.25) is 5.91 Å². The molecule has 0 aliphatic carbocycles. The van der Waals surface area contributed by atoms with Crippen molar-refractivity contribution >= 4 is 17.3 Å². The number of benzene rings is 2. The molecule has 1 N–H and O–H groups in total. The first-order chi connectivity index (χ1) is 8.86. The Kier molecular flexibility index (Phi) is 1.81. The van der Waals surface area contributed by atoms with Crippen molar-refractivity contribution in [1.82, 2.24) is 0 Å². The summed E-state index contributed by atoms with van der Waals surface area (Å²) < 4.78 is 0. The molecule has 0 spiro atoms. The first-order valence-electron chi connectivity index (χ1n) is 6.09. The standard InChI is InChI=1S/C15H12N2O/c18-15-14-13(10-6-2-1-3-7-10)17(14)12-9-5-4-8-11(12)16-15/h1-9,13-14H,(H,16,18). The summed E-state index contributed by atoms with van der Waals surface area (Å²) in [6, 6.07) is 18.3. The Balaban J connectivity index is 1.79. The van der Waals surface area contributed by atoms with Crippen molar-refractivity contribution in [3.05, 3.63) is 60.2 Å². The Morgan fingerprint density at radius 1 is 0.889 bits per heavy atom. The van der Waals surface area contributed by atoms with Gasteiger partial charge in [0.1, 0.15) is 6.04 Å². The van der Waals surface area contributed by atoms with Gasteiger partial charge in [-0.3, -0.25) is 4.79 Å². The summed E-state index contributed by atoms with van der Waals surface area (Å²) in [6.07, 6.45) is 0. The number of rotatable bonds is 1. The summed E-state index contributed by atoms with van der Waals surface area (Å²) >= 11 is 0. The van der Waals surface area contributed by atoms with Crippen LogP contribution in [0, 0.1) is 0 Å².